The third-order valence-electron chi connectivity index (χ3n) is 3.73. The van der Waals surface area contributed by atoms with Gasteiger partial charge in [-0.05, 0) is 34.0 Å². The van der Waals surface area contributed by atoms with Gasteiger partial charge in [-0.1, -0.05) is 18.2 Å². The summed E-state index contributed by atoms with van der Waals surface area (Å²) in [7, 11) is 4.02. The van der Waals surface area contributed by atoms with E-state index in [0.717, 1.165) is 10.9 Å². The molecule has 1 aromatic carbocycles. The monoisotopic (exact) mass is 259 g/mol. The van der Waals surface area contributed by atoms with Crippen LogP contribution in [0, 0.1) is 0 Å². The van der Waals surface area contributed by atoms with E-state index in [1.807, 2.05) is 38.4 Å². The predicted molar refractivity (Wildman–Crippen MR) is 78.4 cm³/mol. The second-order valence-electron chi connectivity index (χ2n) is 5.64. The van der Waals surface area contributed by atoms with Crippen molar-refractivity contribution in [3.8, 4) is 0 Å². The third-order valence-corrected chi connectivity index (χ3v) is 3.73. The molecule has 0 saturated carbocycles. The molecule has 0 unspecified atom stereocenters. The number of fused-ring (bicyclic) bond motifs is 1. The summed E-state index contributed by atoms with van der Waals surface area (Å²) >= 11 is 0. The minimum Gasteiger partial charge on any atom is -0.360 e. The van der Waals surface area contributed by atoms with Gasteiger partial charge in [0, 0.05) is 29.2 Å². The lowest BCUT2D eigenvalue weighted by molar-refractivity contribution is 0.0921. The van der Waals surface area contributed by atoms with Crippen LogP contribution in [-0.2, 0) is 0 Å². The fourth-order valence-electron chi connectivity index (χ4n) is 1.81. The molecule has 19 heavy (non-hydrogen) atoms. The summed E-state index contributed by atoms with van der Waals surface area (Å²) in [5.41, 5.74) is 1.62. The lowest BCUT2D eigenvalue weighted by atomic mass is 10.0. The Kier molecular flexibility index (Phi) is 3.62. The first kappa shape index (κ1) is 13.6. The highest BCUT2D eigenvalue weighted by atomic mass is 16.1. The van der Waals surface area contributed by atoms with E-state index in [2.05, 4.69) is 29.0 Å². The average Bonchev–Trinajstić information content (AvgIpc) is 2.79. The van der Waals surface area contributed by atoms with Crippen molar-refractivity contribution in [2.75, 3.05) is 20.6 Å². The fourth-order valence-corrected chi connectivity index (χ4v) is 1.81. The Labute approximate surface area is 113 Å². The highest BCUT2D eigenvalue weighted by molar-refractivity contribution is 6.06. The van der Waals surface area contributed by atoms with Crippen molar-refractivity contribution < 1.29 is 4.79 Å². The number of H-pyrrole nitrogens is 1. The van der Waals surface area contributed by atoms with Gasteiger partial charge in [-0.15, -0.1) is 0 Å². The lowest BCUT2D eigenvalue weighted by Crippen LogP contribution is -2.48. The van der Waals surface area contributed by atoms with Crippen molar-refractivity contribution >= 4 is 16.8 Å². The summed E-state index contributed by atoms with van der Waals surface area (Å²) in [4.78, 5) is 17.5. The molecule has 102 valence electrons. The van der Waals surface area contributed by atoms with Crippen molar-refractivity contribution in [3.05, 3.63) is 36.0 Å². The van der Waals surface area contributed by atoms with Crippen LogP contribution in [0.15, 0.2) is 30.5 Å². The number of aromatic nitrogens is 1. The number of rotatable bonds is 4. The van der Waals surface area contributed by atoms with E-state index in [9.17, 15) is 4.79 Å². The van der Waals surface area contributed by atoms with Crippen LogP contribution in [0.3, 0.4) is 0 Å². The Morgan fingerprint density at radius 1 is 1.32 bits per heavy atom. The molecule has 1 aromatic heterocycles. The van der Waals surface area contributed by atoms with E-state index < -0.39 is 0 Å². The predicted octanol–water partition coefficient (Wildman–Crippen LogP) is 2.24. The summed E-state index contributed by atoms with van der Waals surface area (Å²) in [6.45, 7) is 4.81. The molecule has 4 nitrogen and oxygen atoms in total. The number of likely N-dealkylation sites (N-methyl/N-ethyl adjacent to an activating group) is 1. The van der Waals surface area contributed by atoms with Crippen LogP contribution >= 0.6 is 0 Å². The molecule has 0 saturated heterocycles. The van der Waals surface area contributed by atoms with Gasteiger partial charge in [0.15, 0.2) is 0 Å². The van der Waals surface area contributed by atoms with E-state index in [1.165, 1.54) is 0 Å². The molecule has 0 aliphatic heterocycles. The van der Waals surface area contributed by atoms with E-state index in [1.54, 1.807) is 6.20 Å². The molecule has 0 aliphatic rings. The molecule has 1 amide bonds. The quantitative estimate of drug-likeness (QED) is 0.884. The Balaban J connectivity index is 2.13. The summed E-state index contributed by atoms with van der Waals surface area (Å²) in [5.74, 6) is -0.0348. The van der Waals surface area contributed by atoms with Crippen molar-refractivity contribution in [2.45, 2.75) is 19.4 Å². The number of amides is 1. The maximum absolute atomic E-state index is 12.2. The number of nitrogens with zero attached hydrogens (tertiary/aromatic N) is 1. The van der Waals surface area contributed by atoms with Crippen LogP contribution in [0.2, 0.25) is 0 Å². The molecular formula is C15H21N3O. The van der Waals surface area contributed by atoms with E-state index in [-0.39, 0.29) is 11.4 Å². The number of nitrogens with one attached hydrogen (secondary N) is 2. The zero-order valence-electron chi connectivity index (χ0n) is 11.9. The molecular weight excluding hydrogens is 238 g/mol. The minimum atomic E-state index is -0.0677. The van der Waals surface area contributed by atoms with Gasteiger partial charge in [-0.3, -0.25) is 4.79 Å². The van der Waals surface area contributed by atoms with E-state index >= 15 is 0 Å². The molecule has 2 N–H and O–H groups in total. The fraction of sp³-hybridized carbons (Fsp3) is 0.400. The molecule has 4 heteroatoms. The second-order valence-corrected chi connectivity index (χ2v) is 5.64. The van der Waals surface area contributed by atoms with Gasteiger partial charge in [0.05, 0.1) is 5.56 Å². The molecule has 0 radical (unpaired) electrons. The molecule has 2 rings (SSSR count). The van der Waals surface area contributed by atoms with Crippen molar-refractivity contribution in [1.82, 2.24) is 15.2 Å². The highest BCUT2D eigenvalue weighted by Gasteiger charge is 2.22. The summed E-state index contributed by atoms with van der Waals surface area (Å²) in [5, 5.41) is 3.96. The van der Waals surface area contributed by atoms with E-state index in [0.29, 0.717) is 12.1 Å². The number of benzene rings is 1. The van der Waals surface area contributed by atoms with Gasteiger partial charge in [0.2, 0.25) is 0 Å². The lowest BCUT2D eigenvalue weighted by Gasteiger charge is -2.32. The molecule has 1 heterocycles. The van der Waals surface area contributed by atoms with Crippen LogP contribution in [0.5, 0.6) is 0 Å². The molecule has 2 aromatic rings. The molecule has 0 aliphatic carbocycles. The molecule has 0 fully saturated rings. The topological polar surface area (TPSA) is 48.1 Å². The zero-order valence-corrected chi connectivity index (χ0v) is 11.9. The molecule has 0 atom stereocenters. The molecule has 0 spiro atoms. The highest BCUT2D eigenvalue weighted by Crippen LogP contribution is 2.17. The standard InChI is InChI=1S/C15H21N3O/c1-15(2,18(3)4)10-17-14(19)12-9-16-13-8-6-5-7-11(12)13/h5-9,16H,10H2,1-4H3,(H,17,19). The number of aromatic amines is 1. The van der Waals surface area contributed by atoms with Crippen LogP contribution in [0.4, 0.5) is 0 Å². The van der Waals surface area contributed by atoms with Crippen LogP contribution < -0.4 is 5.32 Å². The first-order valence-electron chi connectivity index (χ1n) is 6.43. The second kappa shape index (κ2) is 5.05. The van der Waals surface area contributed by atoms with Gasteiger partial charge < -0.3 is 15.2 Å². The van der Waals surface area contributed by atoms with Crippen LogP contribution in [0.25, 0.3) is 10.9 Å². The minimum absolute atomic E-state index is 0.0348. The zero-order chi connectivity index (χ0) is 14.0. The Morgan fingerprint density at radius 2 is 2.00 bits per heavy atom. The van der Waals surface area contributed by atoms with E-state index in [4.69, 9.17) is 0 Å². The summed E-state index contributed by atoms with van der Waals surface area (Å²) < 4.78 is 0. The normalized spacial score (nSPS) is 12.1. The number of hydrogen-bond acceptors (Lipinski definition) is 2. The summed E-state index contributed by atoms with van der Waals surface area (Å²) in [6.07, 6.45) is 1.77. The van der Waals surface area contributed by atoms with Crippen molar-refractivity contribution in [3.63, 3.8) is 0 Å². The Morgan fingerprint density at radius 3 is 2.68 bits per heavy atom. The van der Waals surface area contributed by atoms with Gasteiger partial charge in [0.1, 0.15) is 0 Å². The van der Waals surface area contributed by atoms with Gasteiger partial charge >= 0.3 is 0 Å². The Hall–Kier alpha value is -1.81. The smallest absolute Gasteiger partial charge is 0.253 e. The first-order valence-corrected chi connectivity index (χ1v) is 6.43. The van der Waals surface area contributed by atoms with Crippen molar-refractivity contribution in [1.29, 1.82) is 0 Å². The van der Waals surface area contributed by atoms with Gasteiger partial charge in [-0.25, -0.2) is 0 Å². The van der Waals surface area contributed by atoms with Gasteiger partial charge in [-0.2, -0.15) is 0 Å². The van der Waals surface area contributed by atoms with Crippen LogP contribution in [-0.4, -0.2) is 42.0 Å². The van der Waals surface area contributed by atoms with Crippen LogP contribution in [0.1, 0.15) is 24.2 Å². The number of hydrogen-bond donors (Lipinski definition) is 2. The maximum atomic E-state index is 12.2. The number of carbonyl (C=O) groups excluding carboxylic acids is 1. The number of para-hydroxylation sites is 1. The first-order chi connectivity index (χ1) is 8.92. The Bertz CT molecular complexity index is 584. The summed E-state index contributed by atoms with van der Waals surface area (Å²) in [6, 6.07) is 7.82. The SMILES string of the molecule is CN(C)C(C)(C)CNC(=O)c1c[nH]c2ccccc12. The van der Waals surface area contributed by atoms with Gasteiger partial charge in [0.25, 0.3) is 5.91 Å². The number of carbonyl (C=O) groups is 1. The van der Waals surface area contributed by atoms with Crippen molar-refractivity contribution in [2.24, 2.45) is 0 Å². The largest absolute Gasteiger partial charge is 0.360 e. The average molecular weight is 259 g/mol. The third kappa shape index (κ3) is 2.79. The maximum Gasteiger partial charge on any atom is 0.253 e. The molecule has 0 bridgehead atoms.